The van der Waals surface area contributed by atoms with E-state index in [1.807, 2.05) is 13.8 Å². The van der Waals surface area contributed by atoms with Crippen LogP contribution in [0.3, 0.4) is 0 Å². The van der Waals surface area contributed by atoms with E-state index >= 15 is 0 Å². The second kappa shape index (κ2) is 5.51. The fourth-order valence-corrected chi connectivity index (χ4v) is 2.46. The van der Waals surface area contributed by atoms with Crippen molar-refractivity contribution in [1.82, 2.24) is 0 Å². The van der Waals surface area contributed by atoms with Gasteiger partial charge in [-0.05, 0) is 45.4 Å². The molecule has 0 amide bonds. The Morgan fingerprint density at radius 1 is 1.53 bits per heavy atom. The van der Waals surface area contributed by atoms with Gasteiger partial charge in [0.05, 0.1) is 17.6 Å². The maximum absolute atomic E-state index is 9.29. The third kappa shape index (κ3) is 3.50. The Morgan fingerprint density at radius 3 is 2.73 bits per heavy atom. The van der Waals surface area contributed by atoms with Crippen LogP contribution in [0.1, 0.15) is 52.9 Å². The van der Waals surface area contributed by atoms with E-state index in [0.29, 0.717) is 0 Å². The molecule has 0 N–H and O–H groups in total. The molecule has 0 heterocycles. The summed E-state index contributed by atoms with van der Waals surface area (Å²) in [6.07, 6.45) is 5.80. The van der Waals surface area contributed by atoms with E-state index < -0.39 is 0 Å². The van der Waals surface area contributed by atoms with Crippen molar-refractivity contribution in [2.24, 2.45) is 11.3 Å². The summed E-state index contributed by atoms with van der Waals surface area (Å²) in [6.45, 7) is 7.05. The number of nitrogens with zero attached hydrogens (tertiary/aromatic N) is 1. The lowest BCUT2D eigenvalue weighted by molar-refractivity contribution is 0.0606. The van der Waals surface area contributed by atoms with E-state index in [1.54, 1.807) is 0 Å². The van der Waals surface area contributed by atoms with Crippen LogP contribution < -0.4 is 0 Å². The van der Waals surface area contributed by atoms with Gasteiger partial charge in [0.25, 0.3) is 0 Å². The van der Waals surface area contributed by atoms with Crippen LogP contribution in [0, 0.1) is 22.7 Å². The lowest BCUT2D eigenvalue weighted by Crippen LogP contribution is -2.18. The van der Waals surface area contributed by atoms with Crippen molar-refractivity contribution >= 4 is 0 Å². The Hall–Kier alpha value is -0.550. The zero-order chi connectivity index (χ0) is 11.3. The van der Waals surface area contributed by atoms with Crippen molar-refractivity contribution < 1.29 is 4.74 Å². The summed E-state index contributed by atoms with van der Waals surface area (Å²) in [5, 5.41) is 9.29. The van der Waals surface area contributed by atoms with Crippen molar-refractivity contribution in [1.29, 1.82) is 5.26 Å². The molecule has 1 saturated carbocycles. The molecular formula is C13H23NO. The SMILES string of the molecule is CCC1CCC(C#N)(CCOC(C)C)C1. The third-order valence-corrected chi connectivity index (χ3v) is 3.56. The van der Waals surface area contributed by atoms with Crippen LogP contribution in [-0.2, 0) is 4.74 Å². The maximum atomic E-state index is 9.29. The molecule has 0 aromatic heterocycles. The topological polar surface area (TPSA) is 33.0 Å². The summed E-state index contributed by atoms with van der Waals surface area (Å²) >= 11 is 0. The molecule has 0 aromatic rings. The molecule has 2 atom stereocenters. The van der Waals surface area contributed by atoms with Crippen LogP contribution in [0.4, 0.5) is 0 Å². The van der Waals surface area contributed by atoms with Gasteiger partial charge < -0.3 is 4.74 Å². The second-order valence-electron chi connectivity index (χ2n) is 5.08. The lowest BCUT2D eigenvalue weighted by atomic mass is 9.83. The van der Waals surface area contributed by atoms with Crippen LogP contribution in [0.25, 0.3) is 0 Å². The number of ether oxygens (including phenoxy) is 1. The molecule has 0 aromatic carbocycles. The first kappa shape index (κ1) is 12.5. The molecule has 0 saturated heterocycles. The smallest absolute Gasteiger partial charge is 0.0690 e. The molecule has 1 aliphatic carbocycles. The predicted octanol–water partition coefficient (Wildman–Crippen LogP) is 3.52. The van der Waals surface area contributed by atoms with Gasteiger partial charge in [0.15, 0.2) is 0 Å². The fraction of sp³-hybridized carbons (Fsp3) is 0.923. The van der Waals surface area contributed by atoms with Gasteiger partial charge >= 0.3 is 0 Å². The number of hydrogen-bond acceptors (Lipinski definition) is 2. The van der Waals surface area contributed by atoms with Crippen molar-refractivity contribution in [3.8, 4) is 6.07 Å². The molecule has 86 valence electrons. The van der Waals surface area contributed by atoms with E-state index in [9.17, 15) is 5.26 Å². The van der Waals surface area contributed by atoms with Crippen LogP contribution in [0.15, 0.2) is 0 Å². The van der Waals surface area contributed by atoms with Crippen LogP contribution in [0.5, 0.6) is 0 Å². The van der Waals surface area contributed by atoms with E-state index in [1.165, 1.54) is 12.8 Å². The average molecular weight is 209 g/mol. The lowest BCUT2D eigenvalue weighted by Gasteiger charge is -2.21. The van der Waals surface area contributed by atoms with Gasteiger partial charge in [0.2, 0.25) is 0 Å². The Morgan fingerprint density at radius 2 is 2.27 bits per heavy atom. The molecule has 0 bridgehead atoms. The molecule has 1 fully saturated rings. The predicted molar refractivity (Wildman–Crippen MR) is 61.4 cm³/mol. The molecule has 2 unspecified atom stereocenters. The second-order valence-corrected chi connectivity index (χ2v) is 5.08. The number of nitriles is 1. The Balaban J connectivity index is 2.39. The minimum atomic E-state index is -0.0738. The molecule has 0 radical (unpaired) electrons. The molecule has 2 nitrogen and oxygen atoms in total. The first-order valence-corrected chi connectivity index (χ1v) is 6.15. The highest BCUT2D eigenvalue weighted by atomic mass is 16.5. The molecule has 0 spiro atoms. The summed E-state index contributed by atoms with van der Waals surface area (Å²) in [4.78, 5) is 0. The minimum Gasteiger partial charge on any atom is -0.379 e. The van der Waals surface area contributed by atoms with Gasteiger partial charge in [-0.15, -0.1) is 0 Å². The molecule has 1 rings (SSSR count). The zero-order valence-corrected chi connectivity index (χ0v) is 10.3. The summed E-state index contributed by atoms with van der Waals surface area (Å²) in [7, 11) is 0. The average Bonchev–Trinajstić information content (AvgIpc) is 2.62. The summed E-state index contributed by atoms with van der Waals surface area (Å²) in [5.74, 6) is 0.767. The van der Waals surface area contributed by atoms with Gasteiger partial charge in [-0.1, -0.05) is 13.3 Å². The highest BCUT2D eigenvalue weighted by molar-refractivity contribution is 5.03. The molecule has 15 heavy (non-hydrogen) atoms. The molecular weight excluding hydrogens is 186 g/mol. The van der Waals surface area contributed by atoms with Gasteiger partial charge in [0, 0.05) is 6.61 Å². The van der Waals surface area contributed by atoms with Crippen molar-refractivity contribution in [3.05, 3.63) is 0 Å². The highest BCUT2D eigenvalue weighted by Gasteiger charge is 2.38. The Bertz CT molecular complexity index is 231. The van der Waals surface area contributed by atoms with E-state index in [0.717, 1.165) is 31.8 Å². The van der Waals surface area contributed by atoms with Crippen molar-refractivity contribution in [3.63, 3.8) is 0 Å². The first-order valence-electron chi connectivity index (χ1n) is 6.15. The van der Waals surface area contributed by atoms with Crippen LogP contribution >= 0.6 is 0 Å². The van der Waals surface area contributed by atoms with Gasteiger partial charge in [-0.3, -0.25) is 0 Å². The van der Waals surface area contributed by atoms with E-state index in [4.69, 9.17) is 4.74 Å². The van der Waals surface area contributed by atoms with E-state index in [2.05, 4.69) is 13.0 Å². The van der Waals surface area contributed by atoms with Crippen molar-refractivity contribution in [2.45, 2.75) is 59.0 Å². The normalized spacial score (nSPS) is 30.7. The maximum Gasteiger partial charge on any atom is 0.0690 e. The zero-order valence-electron chi connectivity index (χ0n) is 10.3. The van der Waals surface area contributed by atoms with Crippen LogP contribution in [0.2, 0.25) is 0 Å². The standard InChI is InChI=1S/C13H23NO/c1-4-12-5-6-13(9-12,10-14)7-8-15-11(2)3/h11-12H,4-9H2,1-3H3. The monoisotopic (exact) mass is 209 g/mol. The number of rotatable bonds is 5. The summed E-state index contributed by atoms with van der Waals surface area (Å²) < 4.78 is 5.55. The van der Waals surface area contributed by atoms with Crippen LogP contribution in [-0.4, -0.2) is 12.7 Å². The first-order chi connectivity index (χ1) is 7.12. The van der Waals surface area contributed by atoms with Gasteiger partial charge in [-0.25, -0.2) is 0 Å². The summed E-state index contributed by atoms with van der Waals surface area (Å²) in [6, 6.07) is 2.54. The largest absolute Gasteiger partial charge is 0.379 e. The molecule has 1 aliphatic rings. The summed E-state index contributed by atoms with van der Waals surface area (Å²) in [5.41, 5.74) is -0.0738. The van der Waals surface area contributed by atoms with E-state index in [-0.39, 0.29) is 11.5 Å². The minimum absolute atomic E-state index is 0.0738. The number of hydrogen-bond donors (Lipinski definition) is 0. The van der Waals surface area contributed by atoms with Gasteiger partial charge in [-0.2, -0.15) is 5.26 Å². The quantitative estimate of drug-likeness (QED) is 0.694. The Kier molecular flexibility index (Phi) is 4.60. The Labute approximate surface area is 93.6 Å². The fourth-order valence-electron chi connectivity index (χ4n) is 2.46. The van der Waals surface area contributed by atoms with Gasteiger partial charge in [0.1, 0.15) is 0 Å². The highest BCUT2D eigenvalue weighted by Crippen LogP contribution is 2.45. The third-order valence-electron chi connectivity index (χ3n) is 3.56. The molecule has 2 heteroatoms. The van der Waals surface area contributed by atoms with Crippen molar-refractivity contribution in [2.75, 3.05) is 6.61 Å². The molecule has 0 aliphatic heterocycles.